The third-order valence-corrected chi connectivity index (χ3v) is 5.81. The van der Waals surface area contributed by atoms with Crippen molar-refractivity contribution in [1.29, 1.82) is 0 Å². The van der Waals surface area contributed by atoms with E-state index >= 15 is 0 Å². The zero-order valence-electron chi connectivity index (χ0n) is 12.7. The van der Waals surface area contributed by atoms with Crippen LogP contribution < -0.4 is 0 Å². The highest BCUT2D eigenvalue weighted by Gasteiger charge is 2.29. The van der Waals surface area contributed by atoms with Gasteiger partial charge in [-0.05, 0) is 50.6 Å². The van der Waals surface area contributed by atoms with Gasteiger partial charge in [-0.15, -0.1) is 0 Å². The van der Waals surface area contributed by atoms with E-state index in [2.05, 4.69) is 4.90 Å². The van der Waals surface area contributed by atoms with Crippen LogP contribution >= 0.6 is 0 Å². The van der Waals surface area contributed by atoms with Crippen molar-refractivity contribution < 1.29 is 13.5 Å². The maximum atomic E-state index is 12.6. The Bertz CT molecular complexity index is 564. The summed E-state index contributed by atoms with van der Waals surface area (Å²) in [6, 6.07) is 6.56. The first-order chi connectivity index (χ1) is 9.93. The zero-order valence-corrected chi connectivity index (χ0v) is 13.5. The monoisotopic (exact) mass is 312 g/mol. The molecule has 0 radical (unpaired) electrons. The van der Waals surface area contributed by atoms with Crippen molar-refractivity contribution in [3.05, 3.63) is 29.8 Å². The molecule has 1 N–H and O–H groups in total. The Morgan fingerprint density at radius 2 is 1.95 bits per heavy atom. The van der Waals surface area contributed by atoms with E-state index in [1.54, 1.807) is 28.6 Å². The van der Waals surface area contributed by atoms with Gasteiger partial charge in [-0.3, -0.25) is 0 Å². The minimum absolute atomic E-state index is 0.145. The number of nitrogens with zero attached hydrogens (tertiary/aromatic N) is 2. The second kappa shape index (κ2) is 6.87. The van der Waals surface area contributed by atoms with Crippen molar-refractivity contribution in [2.75, 3.05) is 33.7 Å². The van der Waals surface area contributed by atoms with Crippen LogP contribution in [-0.4, -0.2) is 56.5 Å². The summed E-state index contributed by atoms with van der Waals surface area (Å²) in [7, 11) is 0.652. The number of hydrogen-bond donors (Lipinski definition) is 1. The number of aliphatic hydroxyl groups excluding tert-OH is 1. The molecule has 1 fully saturated rings. The molecule has 0 bridgehead atoms. The summed E-state index contributed by atoms with van der Waals surface area (Å²) >= 11 is 0. The topological polar surface area (TPSA) is 60.9 Å². The van der Waals surface area contributed by atoms with Crippen molar-refractivity contribution in [2.45, 2.75) is 24.3 Å². The average Bonchev–Trinajstić information content (AvgIpc) is 2.47. The molecule has 118 valence electrons. The molecular weight excluding hydrogens is 288 g/mol. The molecular formula is C15H24N2O3S. The van der Waals surface area contributed by atoms with Gasteiger partial charge >= 0.3 is 0 Å². The Balaban J connectivity index is 2.07. The third-order valence-electron chi connectivity index (χ3n) is 3.92. The molecule has 21 heavy (non-hydrogen) atoms. The van der Waals surface area contributed by atoms with Gasteiger partial charge in [0.2, 0.25) is 10.0 Å². The van der Waals surface area contributed by atoms with Crippen LogP contribution in [0.5, 0.6) is 0 Å². The van der Waals surface area contributed by atoms with Gasteiger partial charge in [-0.25, -0.2) is 8.42 Å². The van der Waals surface area contributed by atoms with Crippen LogP contribution in [0.25, 0.3) is 0 Å². The number of hydrogen-bond acceptors (Lipinski definition) is 4. The molecule has 1 aromatic rings. The van der Waals surface area contributed by atoms with Crippen molar-refractivity contribution >= 4 is 10.0 Å². The van der Waals surface area contributed by atoms with E-state index in [9.17, 15) is 8.42 Å². The standard InChI is InChI=1S/C15H24N2O3S/c1-16(2)11-13-6-8-17(9-7-13)21(19,20)15-5-3-4-14(10-15)12-18/h3-5,10,13,18H,6-9,11-12H2,1-2H3. The molecule has 0 spiro atoms. The Morgan fingerprint density at radius 3 is 2.52 bits per heavy atom. The van der Waals surface area contributed by atoms with Crippen molar-refractivity contribution in [1.82, 2.24) is 9.21 Å². The number of piperidine rings is 1. The van der Waals surface area contributed by atoms with Crippen molar-refractivity contribution in [3.63, 3.8) is 0 Å². The maximum absolute atomic E-state index is 12.6. The molecule has 2 rings (SSSR count). The molecule has 1 saturated heterocycles. The van der Waals surface area contributed by atoms with Gasteiger partial charge in [0.1, 0.15) is 0 Å². The molecule has 0 aliphatic carbocycles. The lowest BCUT2D eigenvalue weighted by atomic mass is 9.98. The van der Waals surface area contributed by atoms with Gasteiger partial charge in [0, 0.05) is 19.6 Å². The number of sulfonamides is 1. The third kappa shape index (κ3) is 4.03. The Labute approximate surface area is 127 Å². The molecule has 1 heterocycles. The molecule has 1 aliphatic heterocycles. The van der Waals surface area contributed by atoms with Crippen LogP contribution in [0.3, 0.4) is 0 Å². The summed E-state index contributed by atoms with van der Waals surface area (Å²) in [5.74, 6) is 0.565. The fourth-order valence-electron chi connectivity index (χ4n) is 2.80. The van der Waals surface area contributed by atoms with Gasteiger partial charge in [-0.1, -0.05) is 12.1 Å². The summed E-state index contributed by atoms with van der Waals surface area (Å²) in [4.78, 5) is 2.43. The SMILES string of the molecule is CN(C)CC1CCN(S(=O)(=O)c2cccc(CO)c2)CC1. The quantitative estimate of drug-likeness (QED) is 0.886. The van der Waals surface area contributed by atoms with Crippen LogP contribution in [0, 0.1) is 5.92 Å². The lowest BCUT2D eigenvalue weighted by Gasteiger charge is -2.32. The molecule has 5 nitrogen and oxygen atoms in total. The summed E-state index contributed by atoms with van der Waals surface area (Å²) in [6.07, 6.45) is 1.80. The van der Waals surface area contributed by atoms with E-state index in [0.717, 1.165) is 19.4 Å². The minimum atomic E-state index is -3.44. The minimum Gasteiger partial charge on any atom is -0.392 e. The molecule has 0 unspecified atom stereocenters. The summed E-state index contributed by atoms with van der Waals surface area (Å²) < 4.78 is 26.8. The second-order valence-corrected chi connectivity index (χ2v) is 7.85. The Kier molecular flexibility index (Phi) is 5.37. The van der Waals surface area contributed by atoms with Gasteiger partial charge in [0.25, 0.3) is 0 Å². The van der Waals surface area contributed by atoms with E-state index in [1.165, 1.54) is 0 Å². The summed E-state index contributed by atoms with van der Waals surface area (Å²) in [5.41, 5.74) is 0.624. The first kappa shape index (κ1) is 16.4. The molecule has 6 heteroatoms. The summed E-state index contributed by atoms with van der Waals surface area (Å²) in [5, 5.41) is 9.14. The molecule has 0 atom stereocenters. The maximum Gasteiger partial charge on any atom is 0.243 e. The van der Waals surface area contributed by atoms with Crippen molar-refractivity contribution in [3.8, 4) is 0 Å². The fraction of sp³-hybridized carbons (Fsp3) is 0.600. The van der Waals surface area contributed by atoms with Crippen LogP contribution in [0.1, 0.15) is 18.4 Å². The van der Waals surface area contributed by atoms with Crippen molar-refractivity contribution in [2.24, 2.45) is 5.92 Å². The first-order valence-corrected chi connectivity index (χ1v) is 8.72. The largest absolute Gasteiger partial charge is 0.392 e. The van der Waals surface area contributed by atoms with Crippen LogP contribution in [0.4, 0.5) is 0 Å². The second-order valence-electron chi connectivity index (χ2n) is 5.92. The molecule has 1 aliphatic rings. The van der Waals surface area contributed by atoms with E-state index in [0.29, 0.717) is 24.6 Å². The van der Waals surface area contributed by atoms with Crippen LogP contribution in [0.15, 0.2) is 29.2 Å². The lowest BCUT2D eigenvalue weighted by Crippen LogP contribution is -2.40. The molecule has 0 aromatic heterocycles. The predicted molar refractivity (Wildman–Crippen MR) is 82.4 cm³/mol. The fourth-order valence-corrected chi connectivity index (χ4v) is 4.34. The van der Waals surface area contributed by atoms with E-state index < -0.39 is 10.0 Å². The van der Waals surface area contributed by atoms with Gasteiger partial charge in [0.15, 0.2) is 0 Å². The Morgan fingerprint density at radius 1 is 1.29 bits per heavy atom. The predicted octanol–water partition coefficient (Wildman–Crippen LogP) is 1.14. The van der Waals surface area contributed by atoms with Gasteiger partial charge in [0.05, 0.1) is 11.5 Å². The highest BCUT2D eigenvalue weighted by Crippen LogP contribution is 2.24. The number of aliphatic hydroxyl groups is 1. The highest BCUT2D eigenvalue weighted by molar-refractivity contribution is 7.89. The summed E-state index contributed by atoms with van der Waals surface area (Å²) in [6.45, 7) is 2.01. The highest BCUT2D eigenvalue weighted by atomic mass is 32.2. The average molecular weight is 312 g/mol. The van der Waals surface area contributed by atoms with E-state index in [-0.39, 0.29) is 11.5 Å². The number of benzene rings is 1. The number of rotatable bonds is 5. The van der Waals surface area contributed by atoms with Crippen LogP contribution in [0.2, 0.25) is 0 Å². The van der Waals surface area contributed by atoms with E-state index in [1.807, 2.05) is 14.1 Å². The lowest BCUT2D eigenvalue weighted by molar-refractivity contribution is 0.225. The van der Waals surface area contributed by atoms with Gasteiger partial charge < -0.3 is 10.0 Å². The normalized spacial score (nSPS) is 18.3. The van der Waals surface area contributed by atoms with Crippen LogP contribution in [-0.2, 0) is 16.6 Å². The molecule has 1 aromatic carbocycles. The molecule has 0 saturated carbocycles. The van der Waals surface area contributed by atoms with E-state index in [4.69, 9.17) is 5.11 Å². The first-order valence-electron chi connectivity index (χ1n) is 7.28. The smallest absolute Gasteiger partial charge is 0.243 e. The molecule has 0 amide bonds. The Hall–Kier alpha value is -0.950. The van der Waals surface area contributed by atoms with Gasteiger partial charge in [-0.2, -0.15) is 4.31 Å². The zero-order chi connectivity index (χ0) is 15.5.